The van der Waals surface area contributed by atoms with E-state index in [1.165, 1.54) is 6.33 Å². The third-order valence-electron chi connectivity index (χ3n) is 2.54. The topological polar surface area (TPSA) is 75.7 Å². The second kappa shape index (κ2) is 3.10. The van der Waals surface area contributed by atoms with Gasteiger partial charge in [-0.2, -0.15) is 0 Å². The lowest BCUT2D eigenvalue weighted by Gasteiger charge is -2.08. The second-order valence-corrected chi connectivity index (χ2v) is 3.55. The van der Waals surface area contributed by atoms with Crippen molar-refractivity contribution < 1.29 is 4.79 Å². The highest BCUT2D eigenvalue weighted by atomic mass is 16.1. The number of ketones is 1. The molecule has 0 unspecified atom stereocenters. The molecule has 0 saturated carbocycles. The third kappa shape index (κ3) is 1.18. The number of hydrogen-bond donors (Lipinski definition) is 1. The number of nitrogens with zero attached hydrogens (tertiary/aromatic N) is 2. The SMILES string of the molecule is O=C1CC=Cc2nc3nc[nH]c(=O)c3cc21. The summed E-state index contributed by atoms with van der Waals surface area (Å²) >= 11 is 0. The van der Waals surface area contributed by atoms with Crippen molar-refractivity contribution in [2.45, 2.75) is 6.42 Å². The van der Waals surface area contributed by atoms with Crippen molar-refractivity contribution in [3.05, 3.63) is 40.1 Å². The molecule has 2 aromatic rings. The minimum absolute atomic E-state index is 0.0184. The van der Waals surface area contributed by atoms with E-state index in [1.807, 2.05) is 0 Å². The molecule has 2 heterocycles. The van der Waals surface area contributed by atoms with Crippen LogP contribution in [0.4, 0.5) is 0 Å². The summed E-state index contributed by atoms with van der Waals surface area (Å²) in [5, 5.41) is 0.352. The number of allylic oxidation sites excluding steroid dienone is 1. The van der Waals surface area contributed by atoms with Crippen LogP contribution in [0.3, 0.4) is 0 Å². The Kier molecular flexibility index (Phi) is 1.73. The molecule has 0 saturated heterocycles. The van der Waals surface area contributed by atoms with Crippen molar-refractivity contribution in [2.75, 3.05) is 0 Å². The van der Waals surface area contributed by atoms with E-state index < -0.39 is 0 Å². The van der Waals surface area contributed by atoms with Crippen LogP contribution in [-0.2, 0) is 0 Å². The lowest BCUT2D eigenvalue weighted by molar-refractivity contribution is 0.0994. The molecule has 0 spiro atoms. The zero-order chi connectivity index (χ0) is 11.1. The van der Waals surface area contributed by atoms with E-state index in [9.17, 15) is 9.59 Å². The van der Waals surface area contributed by atoms with E-state index in [2.05, 4.69) is 15.0 Å². The largest absolute Gasteiger partial charge is 0.313 e. The minimum atomic E-state index is -0.275. The highest BCUT2D eigenvalue weighted by molar-refractivity contribution is 6.04. The van der Waals surface area contributed by atoms with Crippen molar-refractivity contribution in [3.63, 3.8) is 0 Å². The van der Waals surface area contributed by atoms with Crippen molar-refractivity contribution in [1.82, 2.24) is 15.0 Å². The van der Waals surface area contributed by atoms with E-state index >= 15 is 0 Å². The van der Waals surface area contributed by atoms with Gasteiger partial charge in [-0.1, -0.05) is 6.08 Å². The molecule has 5 heteroatoms. The molecule has 78 valence electrons. The molecule has 16 heavy (non-hydrogen) atoms. The molecule has 0 aliphatic heterocycles. The first-order chi connectivity index (χ1) is 7.75. The van der Waals surface area contributed by atoms with Gasteiger partial charge < -0.3 is 4.98 Å². The number of fused-ring (bicyclic) bond motifs is 2. The van der Waals surface area contributed by atoms with E-state index in [-0.39, 0.29) is 11.3 Å². The molecule has 1 N–H and O–H groups in total. The summed E-state index contributed by atoms with van der Waals surface area (Å²) < 4.78 is 0. The van der Waals surface area contributed by atoms with Gasteiger partial charge in [0.1, 0.15) is 0 Å². The van der Waals surface area contributed by atoms with Crippen molar-refractivity contribution in [1.29, 1.82) is 0 Å². The van der Waals surface area contributed by atoms with Gasteiger partial charge in [-0.25, -0.2) is 9.97 Å². The molecule has 0 atom stereocenters. The summed E-state index contributed by atoms with van der Waals surface area (Å²) in [5.41, 5.74) is 1.17. The summed E-state index contributed by atoms with van der Waals surface area (Å²) in [6.07, 6.45) is 5.20. The highest BCUT2D eigenvalue weighted by Gasteiger charge is 2.16. The average Bonchev–Trinajstić information content (AvgIpc) is 2.28. The summed E-state index contributed by atoms with van der Waals surface area (Å²) in [7, 11) is 0. The first-order valence-corrected chi connectivity index (χ1v) is 4.84. The molecule has 0 bridgehead atoms. The van der Waals surface area contributed by atoms with Gasteiger partial charge in [0.25, 0.3) is 5.56 Å². The van der Waals surface area contributed by atoms with Crippen molar-refractivity contribution in [2.24, 2.45) is 0 Å². The molecule has 1 aliphatic carbocycles. The van der Waals surface area contributed by atoms with Crippen LogP contribution < -0.4 is 5.56 Å². The van der Waals surface area contributed by atoms with Crippen LogP contribution in [-0.4, -0.2) is 20.7 Å². The fraction of sp³-hybridized carbons (Fsp3) is 0.0909. The lowest BCUT2D eigenvalue weighted by atomic mass is 10.00. The number of Topliss-reactive ketones (excluding diaryl/α,β-unsaturated/α-hetero) is 1. The quantitative estimate of drug-likeness (QED) is 0.705. The first kappa shape index (κ1) is 8.96. The Hall–Kier alpha value is -2.30. The van der Waals surface area contributed by atoms with E-state index in [1.54, 1.807) is 18.2 Å². The third-order valence-corrected chi connectivity index (χ3v) is 2.54. The Bertz CT molecular complexity index is 685. The number of hydrogen-bond acceptors (Lipinski definition) is 4. The Labute approximate surface area is 89.9 Å². The smallest absolute Gasteiger partial charge is 0.260 e. The molecule has 0 aromatic carbocycles. The maximum absolute atomic E-state index is 11.6. The predicted octanol–water partition coefficient (Wildman–Crippen LogP) is 0.918. The van der Waals surface area contributed by atoms with E-state index in [4.69, 9.17) is 0 Å². The highest BCUT2D eigenvalue weighted by Crippen LogP contribution is 2.19. The van der Waals surface area contributed by atoms with Gasteiger partial charge in [0, 0.05) is 12.0 Å². The van der Waals surface area contributed by atoms with Gasteiger partial charge in [0.2, 0.25) is 0 Å². The number of pyridine rings is 1. The molecule has 0 radical (unpaired) electrons. The molecule has 1 aliphatic rings. The zero-order valence-corrected chi connectivity index (χ0v) is 8.23. The van der Waals surface area contributed by atoms with Crippen molar-refractivity contribution >= 4 is 22.9 Å². The van der Waals surface area contributed by atoms with E-state index in [0.29, 0.717) is 28.7 Å². The van der Waals surface area contributed by atoms with Gasteiger partial charge in [-0.15, -0.1) is 0 Å². The molecule has 0 amide bonds. The molecule has 0 fully saturated rings. The molecule has 2 aromatic heterocycles. The summed E-state index contributed by atoms with van der Waals surface area (Å²) in [6.45, 7) is 0. The number of carbonyl (C=O) groups is 1. The van der Waals surface area contributed by atoms with Gasteiger partial charge in [0.05, 0.1) is 17.4 Å². The van der Waals surface area contributed by atoms with E-state index in [0.717, 1.165) is 0 Å². The van der Waals surface area contributed by atoms with Gasteiger partial charge in [-0.05, 0) is 12.1 Å². The Morgan fingerprint density at radius 3 is 3.06 bits per heavy atom. The van der Waals surface area contributed by atoms with Crippen LogP contribution >= 0.6 is 0 Å². The number of aromatic nitrogens is 3. The van der Waals surface area contributed by atoms with Gasteiger partial charge in [-0.3, -0.25) is 9.59 Å². The minimum Gasteiger partial charge on any atom is -0.313 e. The molecule has 5 nitrogen and oxygen atoms in total. The summed E-state index contributed by atoms with van der Waals surface area (Å²) in [6, 6.07) is 1.56. The monoisotopic (exact) mass is 213 g/mol. The zero-order valence-electron chi connectivity index (χ0n) is 8.23. The van der Waals surface area contributed by atoms with Crippen LogP contribution in [0.2, 0.25) is 0 Å². The van der Waals surface area contributed by atoms with Crippen LogP contribution in [0.15, 0.2) is 23.3 Å². The van der Waals surface area contributed by atoms with Gasteiger partial charge in [0.15, 0.2) is 11.4 Å². The lowest BCUT2D eigenvalue weighted by Crippen LogP contribution is -2.12. The molecular weight excluding hydrogens is 206 g/mol. The number of nitrogens with one attached hydrogen (secondary N) is 1. The van der Waals surface area contributed by atoms with Crippen molar-refractivity contribution in [3.8, 4) is 0 Å². The second-order valence-electron chi connectivity index (χ2n) is 3.55. The number of aromatic amines is 1. The molecule has 3 rings (SSSR count). The number of rotatable bonds is 0. The molecular formula is C11H7N3O2. The number of carbonyl (C=O) groups excluding carboxylic acids is 1. The summed E-state index contributed by atoms with van der Waals surface area (Å²) in [5.74, 6) is -0.0184. The van der Waals surface area contributed by atoms with Crippen LogP contribution in [0, 0.1) is 0 Å². The Morgan fingerprint density at radius 2 is 2.19 bits per heavy atom. The average molecular weight is 213 g/mol. The van der Waals surface area contributed by atoms with Crippen LogP contribution in [0.1, 0.15) is 22.5 Å². The Morgan fingerprint density at radius 1 is 1.31 bits per heavy atom. The normalized spacial score (nSPS) is 14.1. The first-order valence-electron chi connectivity index (χ1n) is 4.84. The summed E-state index contributed by atoms with van der Waals surface area (Å²) in [4.78, 5) is 33.7. The fourth-order valence-electron chi connectivity index (χ4n) is 1.75. The standard InChI is InChI=1S/C11H7N3O2/c15-9-3-1-2-8-6(9)4-7-10(14-8)12-5-13-11(7)16/h1-2,4-5H,3H2,(H,12,13,14,16). The Balaban J connectivity index is 2.45. The van der Waals surface area contributed by atoms with Crippen LogP contribution in [0.5, 0.6) is 0 Å². The fourth-order valence-corrected chi connectivity index (χ4v) is 1.75. The predicted molar refractivity (Wildman–Crippen MR) is 58.1 cm³/mol. The maximum atomic E-state index is 11.6. The number of H-pyrrole nitrogens is 1. The van der Waals surface area contributed by atoms with Gasteiger partial charge >= 0.3 is 0 Å². The van der Waals surface area contributed by atoms with Crippen LogP contribution in [0.25, 0.3) is 17.1 Å². The maximum Gasteiger partial charge on any atom is 0.260 e.